The Morgan fingerprint density at radius 3 is 2.83 bits per heavy atom. The molecule has 2 aliphatic rings. The van der Waals surface area contributed by atoms with Gasteiger partial charge in [-0.3, -0.25) is 4.99 Å². The summed E-state index contributed by atoms with van der Waals surface area (Å²) in [6, 6.07) is 7.05. The molecule has 0 unspecified atom stereocenters. The van der Waals surface area contributed by atoms with E-state index in [1.807, 2.05) is 0 Å². The standard InChI is InChI=1S/C18H24N4OS/c19-8-11-5-12-7-16(18-21-14(9-23)10-24-18)22-17(12)15(6-11)20-13-3-1-2-4-13/h5-7,13-14,20,22-23H,1-4,8-10,19H2/t14-/m1/s1. The summed E-state index contributed by atoms with van der Waals surface area (Å²) in [4.78, 5) is 8.14. The lowest BCUT2D eigenvalue weighted by atomic mass is 10.1. The van der Waals surface area contributed by atoms with Gasteiger partial charge in [0, 0.05) is 23.7 Å². The number of aliphatic imine (C=N–C) groups is 1. The van der Waals surface area contributed by atoms with E-state index in [0.29, 0.717) is 12.6 Å². The number of hydrogen-bond acceptors (Lipinski definition) is 5. The van der Waals surface area contributed by atoms with Gasteiger partial charge >= 0.3 is 0 Å². The zero-order valence-electron chi connectivity index (χ0n) is 13.7. The van der Waals surface area contributed by atoms with Crippen molar-refractivity contribution in [3.63, 3.8) is 0 Å². The van der Waals surface area contributed by atoms with E-state index in [0.717, 1.165) is 33.3 Å². The van der Waals surface area contributed by atoms with Crippen LogP contribution < -0.4 is 11.1 Å². The molecule has 5 N–H and O–H groups in total. The van der Waals surface area contributed by atoms with E-state index >= 15 is 0 Å². The molecule has 6 heteroatoms. The third kappa shape index (κ3) is 3.06. The second kappa shape index (κ2) is 6.78. The van der Waals surface area contributed by atoms with Crippen LogP contribution in [0.4, 0.5) is 5.69 Å². The molecule has 0 spiro atoms. The van der Waals surface area contributed by atoms with E-state index in [9.17, 15) is 5.11 Å². The summed E-state index contributed by atoms with van der Waals surface area (Å²) >= 11 is 1.71. The van der Waals surface area contributed by atoms with E-state index in [4.69, 9.17) is 5.73 Å². The number of nitrogens with two attached hydrogens (primary N) is 1. The van der Waals surface area contributed by atoms with Crippen LogP contribution in [-0.4, -0.2) is 39.6 Å². The number of aliphatic hydroxyl groups excluding tert-OH is 1. The van der Waals surface area contributed by atoms with Gasteiger partial charge in [-0.05, 0) is 36.6 Å². The molecular formula is C18H24N4OS. The van der Waals surface area contributed by atoms with Crippen LogP contribution in [0.5, 0.6) is 0 Å². The summed E-state index contributed by atoms with van der Waals surface area (Å²) in [6.45, 7) is 0.653. The van der Waals surface area contributed by atoms with Crippen molar-refractivity contribution in [3.8, 4) is 0 Å². The number of aliphatic hydroxyl groups is 1. The SMILES string of the molecule is NCc1cc(NC2CCCC2)c2[nH]c(C3=N[C@H](CO)CS3)cc2c1. The molecular weight excluding hydrogens is 320 g/mol. The number of thioether (sulfide) groups is 1. The van der Waals surface area contributed by atoms with E-state index in [-0.39, 0.29) is 12.6 Å². The predicted molar refractivity (Wildman–Crippen MR) is 102 cm³/mol. The lowest BCUT2D eigenvalue weighted by Crippen LogP contribution is -2.15. The van der Waals surface area contributed by atoms with Crippen molar-refractivity contribution in [2.75, 3.05) is 17.7 Å². The number of hydrogen-bond donors (Lipinski definition) is 4. The smallest absolute Gasteiger partial charge is 0.115 e. The third-order valence-electron chi connectivity index (χ3n) is 4.89. The minimum absolute atomic E-state index is 0.0205. The van der Waals surface area contributed by atoms with Gasteiger partial charge < -0.3 is 21.1 Å². The molecule has 4 rings (SSSR count). The Hall–Kier alpha value is -1.50. The first-order valence-corrected chi connectivity index (χ1v) is 9.69. The fourth-order valence-electron chi connectivity index (χ4n) is 3.60. The maximum absolute atomic E-state index is 9.29. The minimum Gasteiger partial charge on any atom is -0.394 e. The Labute approximate surface area is 146 Å². The van der Waals surface area contributed by atoms with Gasteiger partial charge in [-0.1, -0.05) is 12.8 Å². The molecule has 1 atom stereocenters. The van der Waals surface area contributed by atoms with E-state index < -0.39 is 0 Å². The highest BCUT2D eigenvalue weighted by atomic mass is 32.2. The summed E-state index contributed by atoms with van der Waals surface area (Å²) in [6.07, 6.45) is 5.10. The number of anilines is 1. The first-order valence-electron chi connectivity index (χ1n) is 8.71. The van der Waals surface area contributed by atoms with Gasteiger partial charge in [0.2, 0.25) is 0 Å². The van der Waals surface area contributed by atoms with Crippen LogP contribution in [0.15, 0.2) is 23.2 Å². The predicted octanol–water partition coefficient (Wildman–Crippen LogP) is 2.84. The number of benzene rings is 1. The normalized spacial score (nSPS) is 21.6. The zero-order chi connectivity index (χ0) is 16.5. The fourth-order valence-corrected chi connectivity index (χ4v) is 4.62. The van der Waals surface area contributed by atoms with E-state index in [2.05, 4.69) is 33.5 Å². The van der Waals surface area contributed by atoms with Crippen molar-refractivity contribution in [1.29, 1.82) is 0 Å². The lowest BCUT2D eigenvalue weighted by Gasteiger charge is -2.15. The van der Waals surface area contributed by atoms with Crippen LogP contribution in [0.2, 0.25) is 0 Å². The first kappa shape index (κ1) is 16.0. The van der Waals surface area contributed by atoms with Gasteiger partial charge in [0.1, 0.15) is 5.04 Å². The van der Waals surface area contributed by atoms with Crippen molar-refractivity contribution in [1.82, 2.24) is 4.98 Å². The number of nitrogens with zero attached hydrogens (tertiary/aromatic N) is 1. The van der Waals surface area contributed by atoms with Gasteiger partial charge in [-0.25, -0.2) is 0 Å². The van der Waals surface area contributed by atoms with Crippen molar-refractivity contribution in [3.05, 3.63) is 29.5 Å². The highest BCUT2D eigenvalue weighted by molar-refractivity contribution is 8.14. The van der Waals surface area contributed by atoms with Crippen molar-refractivity contribution in [2.24, 2.45) is 10.7 Å². The van der Waals surface area contributed by atoms with Gasteiger partial charge in [-0.2, -0.15) is 0 Å². The zero-order valence-corrected chi connectivity index (χ0v) is 14.5. The number of aromatic nitrogens is 1. The number of nitrogens with one attached hydrogen (secondary N) is 2. The summed E-state index contributed by atoms with van der Waals surface area (Å²) in [5.74, 6) is 0.850. The molecule has 1 aliphatic heterocycles. The summed E-state index contributed by atoms with van der Waals surface area (Å²) < 4.78 is 0. The molecule has 1 aromatic carbocycles. The van der Waals surface area contributed by atoms with Crippen molar-refractivity contribution in [2.45, 2.75) is 44.3 Å². The van der Waals surface area contributed by atoms with E-state index in [1.54, 1.807) is 11.8 Å². The Kier molecular flexibility index (Phi) is 4.52. The Morgan fingerprint density at radius 2 is 2.12 bits per heavy atom. The molecule has 2 heterocycles. The van der Waals surface area contributed by atoms with Gasteiger partial charge in [-0.15, -0.1) is 11.8 Å². The van der Waals surface area contributed by atoms with Crippen LogP contribution in [0.25, 0.3) is 10.9 Å². The number of aromatic amines is 1. The van der Waals surface area contributed by atoms with Crippen molar-refractivity contribution < 1.29 is 5.11 Å². The summed E-state index contributed by atoms with van der Waals surface area (Å²) in [7, 11) is 0. The molecule has 1 fully saturated rings. The summed E-state index contributed by atoms with van der Waals surface area (Å²) in [5, 5.41) is 15.2. The molecule has 0 radical (unpaired) electrons. The second-order valence-electron chi connectivity index (χ2n) is 6.70. The molecule has 1 saturated carbocycles. The van der Waals surface area contributed by atoms with Crippen LogP contribution >= 0.6 is 11.8 Å². The number of H-pyrrole nitrogens is 1. The Morgan fingerprint density at radius 1 is 1.29 bits per heavy atom. The molecule has 1 aromatic heterocycles. The molecule has 0 amide bonds. The lowest BCUT2D eigenvalue weighted by molar-refractivity contribution is 0.277. The number of fused-ring (bicyclic) bond motifs is 1. The first-order chi connectivity index (χ1) is 11.8. The molecule has 0 bridgehead atoms. The topological polar surface area (TPSA) is 86.4 Å². The molecule has 128 valence electrons. The second-order valence-corrected chi connectivity index (χ2v) is 7.71. The monoisotopic (exact) mass is 344 g/mol. The van der Waals surface area contributed by atoms with Crippen molar-refractivity contribution >= 4 is 33.4 Å². The van der Waals surface area contributed by atoms with Crippen LogP contribution in [-0.2, 0) is 6.54 Å². The largest absolute Gasteiger partial charge is 0.394 e. The van der Waals surface area contributed by atoms with Gasteiger partial charge in [0.15, 0.2) is 0 Å². The molecule has 2 aromatic rings. The fraction of sp³-hybridized carbons (Fsp3) is 0.500. The van der Waals surface area contributed by atoms with Crippen LogP contribution in [0, 0.1) is 0 Å². The average molecular weight is 344 g/mol. The maximum atomic E-state index is 9.29. The molecule has 0 saturated heterocycles. The highest BCUT2D eigenvalue weighted by Gasteiger charge is 2.21. The van der Waals surface area contributed by atoms with Gasteiger partial charge in [0.25, 0.3) is 0 Å². The van der Waals surface area contributed by atoms with E-state index in [1.165, 1.54) is 31.1 Å². The van der Waals surface area contributed by atoms with Crippen LogP contribution in [0.3, 0.4) is 0 Å². The Bertz CT molecular complexity index is 764. The quantitative estimate of drug-likeness (QED) is 0.672. The minimum atomic E-state index is 0.0205. The van der Waals surface area contributed by atoms with Crippen LogP contribution in [0.1, 0.15) is 36.9 Å². The average Bonchev–Trinajstić information content (AvgIpc) is 3.33. The Balaban J connectivity index is 1.71. The molecule has 5 nitrogen and oxygen atoms in total. The summed E-state index contributed by atoms with van der Waals surface area (Å²) in [5.41, 5.74) is 10.3. The third-order valence-corrected chi connectivity index (χ3v) is 6.04. The molecule has 24 heavy (non-hydrogen) atoms. The number of rotatable bonds is 5. The maximum Gasteiger partial charge on any atom is 0.115 e. The highest BCUT2D eigenvalue weighted by Crippen LogP contribution is 2.32. The molecule has 1 aliphatic carbocycles. The van der Waals surface area contributed by atoms with Gasteiger partial charge in [0.05, 0.1) is 29.5 Å².